The average molecular weight is 335 g/mol. The zero-order valence-corrected chi connectivity index (χ0v) is 14.3. The Balaban J connectivity index is 0.00000192. The number of hydrogen-bond donors (Lipinski definition) is 2. The van der Waals surface area contributed by atoms with Gasteiger partial charge in [-0.15, -0.1) is 12.4 Å². The van der Waals surface area contributed by atoms with E-state index in [4.69, 9.17) is 5.73 Å². The maximum atomic E-state index is 12.4. The largest absolute Gasteiger partial charge is 0.324 e. The zero-order valence-electron chi connectivity index (χ0n) is 13.5. The number of carbonyl (C=O) groups excluding carboxylic acids is 1. The van der Waals surface area contributed by atoms with Crippen molar-refractivity contribution in [2.75, 3.05) is 5.32 Å². The van der Waals surface area contributed by atoms with E-state index in [9.17, 15) is 4.79 Å². The summed E-state index contributed by atoms with van der Waals surface area (Å²) in [5.74, 6) is -0.0875. The quantitative estimate of drug-likeness (QED) is 0.905. The lowest BCUT2D eigenvalue weighted by atomic mass is 9.98. The number of rotatable bonds is 3. The lowest BCUT2D eigenvalue weighted by Crippen LogP contribution is -2.48. The number of hydrogen-bond acceptors (Lipinski definition) is 3. The van der Waals surface area contributed by atoms with Crippen LogP contribution in [0.25, 0.3) is 5.69 Å². The molecule has 3 rings (SSSR count). The van der Waals surface area contributed by atoms with Crippen molar-refractivity contribution < 1.29 is 4.79 Å². The number of amides is 1. The first-order valence-electron chi connectivity index (χ1n) is 7.72. The molecule has 1 fully saturated rings. The molecule has 1 amide bonds. The van der Waals surface area contributed by atoms with Crippen molar-refractivity contribution in [3.8, 4) is 5.69 Å². The van der Waals surface area contributed by atoms with E-state index in [-0.39, 0.29) is 18.3 Å². The highest BCUT2D eigenvalue weighted by atomic mass is 35.5. The zero-order chi connectivity index (χ0) is 15.7. The summed E-state index contributed by atoms with van der Waals surface area (Å²) in [5, 5.41) is 7.43. The highest BCUT2D eigenvalue weighted by Crippen LogP contribution is 2.28. The molecule has 1 aromatic carbocycles. The van der Waals surface area contributed by atoms with Gasteiger partial charge in [-0.2, -0.15) is 5.10 Å². The molecule has 1 aromatic heterocycles. The molecule has 0 atom stereocenters. The minimum Gasteiger partial charge on any atom is -0.324 e. The topological polar surface area (TPSA) is 72.9 Å². The molecule has 2 aromatic rings. The lowest BCUT2D eigenvalue weighted by molar-refractivity contribution is -0.121. The average Bonchev–Trinajstić information content (AvgIpc) is 3.06. The van der Waals surface area contributed by atoms with Crippen LogP contribution in [0.5, 0.6) is 0 Å². The van der Waals surface area contributed by atoms with E-state index in [0.29, 0.717) is 0 Å². The monoisotopic (exact) mass is 334 g/mol. The molecule has 1 aliphatic rings. The van der Waals surface area contributed by atoms with E-state index in [1.54, 1.807) is 0 Å². The van der Waals surface area contributed by atoms with Crippen molar-refractivity contribution in [1.29, 1.82) is 0 Å². The van der Waals surface area contributed by atoms with Crippen molar-refractivity contribution in [1.82, 2.24) is 9.78 Å². The van der Waals surface area contributed by atoms with E-state index < -0.39 is 5.54 Å². The van der Waals surface area contributed by atoms with Crippen LogP contribution in [0.3, 0.4) is 0 Å². The molecule has 0 bridgehead atoms. The SMILES string of the molecule is Cc1cc(C)n(-c2cccc(NC(=O)C3(N)CCCC3)c2)n1.Cl. The maximum absolute atomic E-state index is 12.4. The van der Waals surface area contributed by atoms with Gasteiger partial charge in [-0.05, 0) is 51.0 Å². The summed E-state index contributed by atoms with van der Waals surface area (Å²) in [6.07, 6.45) is 3.57. The predicted octanol–water partition coefficient (Wildman–Crippen LogP) is 3.12. The third-order valence-electron chi connectivity index (χ3n) is 4.31. The van der Waals surface area contributed by atoms with Gasteiger partial charge < -0.3 is 11.1 Å². The number of carbonyl (C=O) groups is 1. The van der Waals surface area contributed by atoms with Crippen molar-refractivity contribution in [2.45, 2.75) is 45.1 Å². The number of nitrogens with one attached hydrogen (secondary N) is 1. The minimum absolute atomic E-state index is 0. The third kappa shape index (κ3) is 3.57. The summed E-state index contributed by atoms with van der Waals surface area (Å²) in [6, 6.07) is 9.72. The molecule has 0 unspecified atom stereocenters. The molecule has 1 aliphatic carbocycles. The smallest absolute Gasteiger partial charge is 0.244 e. The first-order valence-corrected chi connectivity index (χ1v) is 7.72. The van der Waals surface area contributed by atoms with Crippen LogP contribution in [0.2, 0.25) is 0 Å². The van der Waals surface area contributed by atoms with Crippen molar-refractivity contribution >= 4 is 24.0 Å². The van der Waals surface area contributed by atoms with E-state index in [1.807, 2.05) is 48.9 Å². The maximum Gasteiger partial charge on any atom is 0.244 e. The second-order valence-electron chi connectivity index (χ2n) is 6.21. The van der Waals surface area contributed by atoms with Crippen molar-refractivity contribution in [3.63, 3.8) is 0 Å². The van der Waals surface area contributed by atoms with Gasteiger partial charge in [-0.1, -0.05) is 18.9 Å². The molecule has 6 heteroatoms. The van der Waals surface area contributed by atoms with Gasteiger partial charge >= 0.3 is 0 Å². The molecule has 1 heterocycles. The van der Waals surface area contributed by atoms with Crippen molar-refractivity contribution in [2.24, 2.45) is 5.73 Å². The second kappa shape index (κ2) is 6.72. The van der Waals surface area contributed by atoms with Crippen molar-refractivity contribution in [3.05, 3.63) is 41.7 Å². The predicted molar refractivity (Wildman–Crippen MR) is 94.3 cm³/mol. The van der Waals surface area contributed by atoms with Crippen LogP contribution in [0, 0.1) is 13.8 Å². The summed E-state index contributed by atoms with van der Waals surface area (Å²) in [5.41, 5.74) is 9.20. The van der Waals surface area contributed by atoms with Crippen LogP contribution in [-0.2, 0) is 4.79 Å². The van der Waals surface area contributed by atoms with Gasteiger partial charge in [0.05, 0.1) is 16.9 Å². The number of anilines is 1. The molecule has 0 spiro atoms. The normalized spacial score (nSPS) is 16.0. The molecule has 1 saturated carbocycles. The van der Waals surface area contributed by atoms with Crippen LogP contribution < -0.4 is 11.1 Å². The first-order chi connectivity index (χ1) is 10.5. The molecule has 23 heavy (non-hydrogen) atoms. The van der Waals surface area contributed by atoms with E-state index in [1.165, 1.54) is 0 Å². The standard InChI is InChI=1S/C17H22N4O.ClH/c1-12-10-13(2)21(20-12)15-7-5-6-14(11-15)19-16(22)17(18)8-3-4-9-17;/h5-7,10-11H,3-4,8-9,18H2,1-2H3,(H,19,22);1H. The highest BCUT2D eigenvalue weighted by molar-refractivity contribution is 5.98. The van der Waals surface area contributed by atoms with Crippen LogP contribution in [0.15, 0.2) is 30.3 Å². The Morgan fingerprint density at radius 2 is 1.96 bits per heavy atom. The third-order valence-corrected chi connectivity index (χ3v) is 4.31. The van der Waals surface area contributed by atoms with Gasteiger partial charge in [-0.3, -0.25) is 4.79 Å². The fourth-order valence-corrected chi connectivity index (χ4v) is 3.09. The molecule has 0 saturated heterocycles. The van der Waals surface area contributed by atoms with E-state index in [2.05, 4.69) is 10.4 Å². The Kier molecular flexibility index (Phi) is 5.12. The van der Waals surface area contributed by atoms with Crippen LogP contribution in [0.1, 0.15) is 37.1 Å². The second-order valence-corrected chi connectivity index (χ2v) is 6.21. The first kappa shape index (κ1) is 17.5. The van der Waals surface area contributed by atoms with Crippen LogP contribution in [0.4, 0.5) is 5.69 Å². The van der Waals surface area contributed by atoms with Gasteiger partial charge in [0.15, 0.2) is 0 Å². The summed E-state index contributed by atoms with van der Waals surface area (Å²) < 4.78 is 1.87. The Hall–Kier alpha value is -1.85. The highest BCUT2D eigenvalue weighted by Gasteiger charge is 2.36. The number of aromatic nitrogens is 2. The fraction of sp³-hybridized carbons (Fsp3) is 0.412. The molecular formula is C17H23ClN4O. The summed E-state index contributed by atoms with van der Waals surface area (Å²) in [4.78, 5) is 12.4. The number of benzene rings is 1. The van der Waals surface area contributed by atoms with E-state index >= 15 is 0 Å². The number of nitrogens with zero attached hydrogens (tertiary/aromatic N) is 2. The van der Waals surface area contributed by atoms with Gasteiger partial charge in [0, 0.05) is 11.4 Å². The summed E-state index contributed by atoms with van der Waals surface area (Å²) in [7, 11) is 0. The molecule has 5 nitrogen and oxygen atoms in total. The molecular weight excluding hydrogens is 312 g/mol. The summed E-state index contributed by atoms with van der Waals surface area (Å²) >= 11 is 0. The molecule has 0 radical (unpaired) electrons. The van der Waals surface area contributed by atoms with Gasteiger partial charge in [0.25, 0.3) is 0 Å². The number of aryl methyl sites for hydroxylation is 2. The van der Waals surface area contributed by atoms with Gasteiger partial charge in [-0.25, -0.2) is 4.68 Å². The summed E-state index contributed by atoms with van der Waals surface area (Å²) in [6.45, 7) is 3.98. The fourth-order valence-electron chi connectivity index (χ4n) is 3.09. The van der Waals surface area contributed by atoms with Gasteiger partial charge in [0.1, 0.15) is 0 Å². The molecule has 0 aliphatic heterocycles. The van der Waals surface area contributed by atoms with Crippen LogP contribution in [-0.4, -0.2) is 21.2 Å². The Morgan fingerprint density at radius 3 is 2.57 bits per heavy atom. The Bertz CT molecular complexity index is 704. The Labute approximate surface area is 142 Å². The van der Waals surface area contributed by atoms with Crippen LogP contribution >= 0.6 is 12.4 Å². The molecule has 124 valence electrons. The lowest BCUT2D eigenvalue weighted by Gasteiger charge is -2.22. The van der Waals surface area contributed by atoms with Gasteiger partial charge in [0.2, 0.25) is 5.91 Å². The molecule has 3 N–H and O–H groups in total. The van der Waals surface area contributed by atoms with E-state index in [0.717, 1.165) is 48.4 Å². The Morgan fingerprint density at radius 1 is 1.26 bits per heavy atom. The minimum atomic E-state index is -0.714. The number of nitrogens with two attached hydrogens (primary N) is 1. The number of halogens is 1.